The Labute approximate surface area is 110 Å². The van der Waals surface area contributed by atoms with Crippen LogP contribution in [0, 0.1) is 11.7 Å². The molecule has 1 unspecified atom stereocenters. The number of halogens is 2. The van der Waals surface area contributed by atoms with Crippen LogP contribution in [0.4, 0.5) is 4.39 Å². The maximum atomic E-state index is 13.1. The van der Waals surface area contributed by atoms with Crippen LogP contribution in [0.5, 0.6) is 0 Å². The molecule has 0 radical (unpaired) electrons. The molecule has 17 heavy (non-hydrogen) atoms. The van der Waals surface area contributed by atoms with E-state index in [0.29, 0.717) is 0 Å². The van der Waals surface area contributed by atoms with Gasteiger partial charge in [-0.1, -0.05) is 15.9 Å². The molecule has 0 saturated carbocycles. The topological polar surface area (TPSA) is 15.3 Å². The zero-order chi connectivity index (χ0) is 12.3. The molecule has 1 aromatic rings. The molecule has 0 aromatic heterocycles. The summed E-state index contributed by atoms with van der Waals surface area (Å²) in [6.45, 7) is 4.08. The first-order valence-electron chi connectivity index (χ1n) is 5.98. The highest BCUT2D eigenvalue weighted by atomic mass is 79.9. The second kappa shape index (κ2) is 5.94. The largest absolute Gasteiger partial charge is 0.312 e. The van der Waals surface area contributed by atoms with Gasteiger partial charge in [-0.2, -0.15) is 0 Å². The highest BCUT2D eigenvalue weighted by molar-refractivity contribution is 9.10. The lowest BCUT2D eigenvalue weighted by atomic mass is 10.1. The van der Waals surface area contributed by atoms with E-state index < -0.39 is 0 Å². The molecule has 0 spiro atoms. The summed E-state index contributed by atoms with van der Waals surface area (Å²) in [7, 11) is 2.16. The summed E-state index contributed by atoms with van der Waals surface area (Å²) in [5.74, 6) is 0.554. The standard InChI is InChI=1S/C13H18BrFN2/c1-17-5-4-10(9-17)7-16-8-11-6-12(15)2-3-13(11)14/h2-3,6,10,16H,4-5,7-9H2,1H3. The van der Waals surface area contributed by atoms with Crippen LogP contribution < -0.4 is 5.32 Å². The SMILES string of the molecule is CN1CCC(CNCc2cc(F)ccc2Br)C1. The summed E-state index contributed by atoms with van der Waals surface area (Å²) in [5, 5.41) is 3.41. The highest BCUT2D eigenvalue weighted by Gasteiger charge is 2.18. The number of likely N-dealkylation sites (tertiary alicyclic amines) is 1. The lowest BCUT2D eigenvalue weighted by Gasteiger charge is -2.12. The van der Waals surface area contributed by atoms with Crippen LogP contribution in [0.1, 0.15) is 12.0 Å². The van der Waals surface area contributed by atoms with Crippen molar-refractivity contribution < 1.29 is 4.39 Å². The van der Waals surface area contributed by atoms with Gasteiger partial charge >= 0.3 is 0 Å². The molecule has 1 heterocycles. The van der Waals surface area contributed by atoms with E-state index in [1.807, 2.05) is 0 Å². The summed E-state index contributed by atoms with van der Waals surface area (Å²) in [6, 6.07) is 4.81. The van der Waals surface area contributed by atoms with E-state index in [2.05, 4.69) is 33.2 Å². The molecular formula is C13H18BrFN2. The first-order chi connectivity index (χ1) is 8.15. The fourth-order valence-corrected chi connectivity index (χ4v) is 2.67. The van der Waals surface area contributed by atoms with E-state index in [9.17, 15) is 4.39 Å². The van der Waals surface area contributed by atoms with Gasteiger partial charge in [-0.05, 0) is 56.2 Å². The molecule has 0 bridgehead atoms. The average molecular weight is 301 g/mol. The minimum Gasteiger partial charge on any atom is -0.312 e. The van der Waals surface area contributed by atoms with Crippen LogP contribution >= 0.6 is 15.9 Å². The second-order valence-electron chi connectivity index (χ2n) is 4.78. The van der Waals surface area contributed by atoms with Crippen molar-refractivity contribution in [2.24, 2.45) is 5.92 Å². The zero-order valence-electron chi connectivity index (χ0n) is 10.0. The summed E-state index contributed by atoms with van der Waals surface area (Å²) in [6.07, 6.45) is 1.26. The molecule has 1 atom stereocenters. The first-order valence-corrected chi connectivity index (χ1v) is 6.77. The van der Waals surface area contributed by atoms with Gasteiger partial charge in [0.1, 0.15) is 5.82 Å². The van der Waals surface area contributed by atoms with Crippen molar-refractivity contribution in [1.29, 1.82) is 0 Å². The highest BCUT2D eigenvalue weighted by Crippen LogP contribution is 2.18. The van der Waals surface area contributed by atoms with Gasteiger partial charge in [-0.25, -0.2) is 4.39 Å². The molecule has 94 valence electrons. The smallest absolute Gasteiger partial charge is 0.123 e. The Kier molecular flexibility index (Phi) is 4.54. The molecule has 1 saturated heterocycles. The number of hydrogen-bond acceptors (Lipinski definition) is 2. The number of rotatable bonds is 4. The van der Waals surface area contributed by atoms with E-state index in [1.54, 1.807) is 12.1 Å². The van der Waals surface area contributed by atoms with Gasteiger partial charge in [0.15, 0.2) is 0 Å². The van der Waals surface area contributed by atoms with E-state index in [1.165, 1.54) is 19.0 Å². The Bertz CT molecular complexity index is 384. The summed E-state index contributed by atoms with van der Waals surface area (Å²) < 4.78 is 14.0. The summed E-state index contributed by atoms with van der Waals surface area (Å²) in [4.78, 5) is 2.35. The fourth-order valence-electron chi connectivity index (χ4n) is 2.28. The van der Waals surface area contributed by atoms with Gasteiger partial charge in [-0.15, -0.1) is 0 Å². The molecule has 1 fully saturated rings. The van der Waals surface area contributed by atoms with Crippen LogP contribution in [0.15, 0.2) is 22.7 Å². The van der Waals surface area contributed by atoms with Crippen LogP contribution in [0.3, 0.4) is 0 Å². The Morgan fingerprint density at radius 2 is 2.35 bits per heavy atom. The lowest BCUT2D eigenvalue weighted by Crippen LogP contribution is -2.24. The maximum Gasteiger partial charge on any atom is 0.123 e. The van der Waals surface area contributed by atoms with Crippen LogP contribution in [-0.2, 0) is 6.54 Å². The number of benzene rings is 1. The number of nitrogens with one attached hydrogen (secondary N) is 1. The normalized spacial score (nSPS) is 21.0. The van der Waals surface area contributed by atoms with Gasteiger partial charge in [0.05, 0.1) is 0 Å². The van der Waals surface area contributed by atoms with Crippen molar-refractivity contribution in [1.82, 2.24) is 10.2 Å². The quantitative estimate of drug-likeness (QED) is 0.920. The van der Waals surface area contributed by atoms with Crippen LogP contribution in [0.25, 0.3) is 0 Å². The Balaban J connectivity index is 1.80. The molecular weight excluding hydrogens is 283 g/mol. The third kappa shape index (κ3) is 3.76. The molecule has 1 aliphatic rings. The van der Waals surface area contributed by atoms with Gasteiger partial charge in [0, 0.05) is 17.6 Å². The van der Waals surface area contributed by atoms with E-state index in [4.69, 9.17) is 0 Å². The minimum atomic E-state index is -0.175. The Hall–Kier alpha value is -0.450. The van der Waals surface area contributed by atoms with Crippen molar-refractivity contribution in [2.45, 2.75) is 13.0 Å². The molecule has 0 aliphatic carbocycles. The Morgan fingerprint density at radius 1 is 1.53 bits per heavy atom. The minimum absolute atomic E-state index is 0.175. The molecule has 1 aromatic carbocycles. The number of nitrogens with zero attached hydrogens (tertiary/aromatic N) is 1. The van der Waals surface area contributed by atoms with Crippen LogP contribution in [-0.4, -0.2) is 31.6 Å². The van der Waals surface area contributed by atoms with Crippen molar-refractivity contribution in [3.05, 3.63) is 34.1 Å². The molecule has 1 N–H and O–H groups in total. The average Bonchev–Trinajstić information content (AvgIpc) is 2.69. The van der Waals surface area contributed by atoms with Gasteiger partial charge < -0.3 is 10.2 Å². The maximum absolute atomic E-state index is 13.1. The number of hydrogen-bond donors (Lipinski definition) is 1. The first kappa shape index (κ1) is 13.0. The van der Waals surface area contributed by atoms with E-state index >= 15 is 0 Å². The van der Waals surface area contributed by atoms with Crippen molar-refractivity contribution >= 4 is 15.9 Å². The Morgan fingerprint density at radius 3 is 3.06 bits per heavy atom. The monoisotopic (exact) mass is 300 g/mol. The van der Waals surface area contributed by atoms with Gasteiger partial charge in [-0.3, -0.25) is 0 Å². The summed E-state index contributed by atoms with van der Waals surface area (Å²) in [5.41, 5.74) is 0.983. The van der Waals surface area contributed by atoms with Crippen molar-refractivity contribution in [3.8, 4) is 0 Å². The van der Waals surface area contributed by atoms with Crippen molar-refractivity contribution in [2.75, 3.05) is 26.7 Å². The third-order valence-corrected chi connectivity index (χ3v) is 4.02. The molecule has 0 amide bonds. The van der Waals surface area contributed by atoms with E-state index in [0.717, 1.165) is 35.6 Å². The summed E-state index contributed by atoms with van der Waals surface area (Å²) >= 11 is 3.44. The molecule has 2 nitrogen and oxygen atoms in total. The van der Waals surface area contributed by atoms with Crippen LogP contribution in [0.2, 0.25) is 0 Å². The molecule has 2 rings (SSSR count). The predicted molar refractivity (Wildman–Crippen MR) is 71.4 cm³/mol. The third-order valence-electron chi connectivity index (χ3n) is 3.25. The fraction of sp³-hybridized carbons (Fsp3) is 0.538. The molecule has 1 aliphatic heterocycles. The van der Waals surface area contributed by atoms with Gasteiger partial charge in [0.25, 0.3) is 0 Å². The predicted octanol–water partition coefficient (Wildman–Crippen LogP) is 2.63. The lowest BCUT2D eigenvalue weighted by molar-refractivity contribution is 0.388. The van der Waals surface area contributed by atoms with Crippen molar-refractivity contribution in [3.63, 3.8) is 0 Å². The molecule has 4 heteroatoms. The zero-order valence-corrected chi connectivity index (χ0v) is 11.6. The van der Waals surface area contributed by atoms with E-state index in [-0.39, 0.29) is 5.82 Å². The second-order valence-corrected chi connectivity index (χ2v) is 5.64. The van der Waals surface area contributed by atoms with Gasteiger partial charge in [0.2, 0.25) is 0 Å².